The van der Waals surface area contributed by atoms with E-state index >= 15 is 0 Å². The average Bonchev–Trinajstić information content (AvgIpc) is 2.59. The number of methoxy groups -OCH3 is 1. The van der Waals surface area contributed by atoms with Crippen LogP contribution < -0.4 is 9.46 Å². The molecule has 5 nitrogen and oxygen atoms in total. The van der Waals surface area contributed by atoms with Crippen molar-refractivity contribution in [1.82, 2.24) is 4.72 Å². The molecule has 128 valence electrons. The van der Waals surface area contributed by atoms with E-state index in [1.165, 1.54) is 19.1 Å². The average molecular weight is 347 g/mol. The lowest BCUT2D eigenvalue weighted by Gasteiger charge is -2.11. The summed E-state index contributed by atoms with van der Waals surface area (Å²) in [5.74, 6) is 0.619. The number of nitrogens with one attached hydrogen (secondary N) is 1. The second kappa shape index (κ2) is 7.59. The smallest absolute Gasteiger partial charge is 0.240 e. The van der Waals surface area contributed by atoms with Gasteiger partial charge in [0.25, 0.3) is 0 Å². The van der Waals surface area contributed by atoms with Crippen molar-refractivity contribution < 1.29 is 17.9 Å². The minimum absolute atomic E-state index is 0.0828. The van der Waals surface area contributed by atoms with Gasteiger partial charge in [0.2, 0.25) is 10.0 Å². The van der Waals surface area contributed by atoms with Gasteiger partial charge in [-0.2, -0.15) is 0 Å². The van der Waals surface area contributed by atoms with Crippen LogP contribution in [0.5, 0.6) is 5.75 Å². The highest BCUT2D eigenvalue weighted by molar-refractivity contribution is 7.89. The molecule has 0 saturated carbocycles. The molecular weight excluding hydrogens is 326 g/mol. The summed E-state index contributed by atoms with van der Waals surface area (Å²) < 4.78 is 32.7. The lowest BCUT2D eigenvalue weighted by Crippen LogP contribution is -2.23. The van der Waals surface area contributed by atoms with Crippen LogP contribution in [0.2, 0.25) is 0 Å². The minimum Gasteiger partial charge on any atom is -0.496 e. The van der Waals surface area contributed by atoms with Crippen LogP contribution in [0.15, 0.2) is 47.4 Å². The summed E-state index contributed by atoms with van der Waals surface area (Å²) >= 11 is 0. The van der Waals surface area contributed by atoms with Crippen molar-refractivity contribution in [2.24, 2.45) is 0 Å². The molecule has 0 aliphatic rings. The highest BCUT2D eigenvalue weighted by Gasteiger charge is 2.15. The highest BCUT2D eigenvalue weighted by atomic mass is 32.2. The summed E-state index contributed by atoms with van der Waals surface area (Å²) in [7, 11) is -2.07. The van der Waals surface area contributed by atoms with Gasteiger partial charge in [-0.3, -0.25) is 4.79 Å². The number of ether oxygens (including phenoxy) is 1. The largest absolute Gasteiger partial charge is 0.496 e. The third-order valence-electron chi connectivity index (χ3n) is 3.74. The Bertz CT molecular complexity index is 844. The first-order chi connectivity index (χ1) is 11.4. The van der Waals surface area contributed by atoms with Crippen molar-refractivity contribution in [3.63, 3.8) is 0 Å². The van der Waals surface area contributed by atoms with Gasteiger partial charge in [-0.05, 0) is 42.7 Å². The number of ketones is 1. The van der Waals surface area contributed by atoms with E-state index in [9.17, 15) is 13.2 Å². The molecule has 0 unspecified atom stereocenters. The van der Waals surface area contributed by atoms with Crippen LogP contribution in [0.1, 0.15) is 35.3 Å². The van der Waals surface area contributed by atoms with Crippen molar-refractivity contribution in [2.45, 2.75) is 31.7 Å². The summed E-state index contributed by atoms with van der Waals surface area (Å²) in [6.07, 6.45) is 0.796. The Balaban J connectivity index is 2.18. The molecule has 2 rings (SSSR count). The predicted octanol–water partition coefficient (Wildman–Crippen LogP) is 2.94. The second-order valence-electron chi connectivity index (χ2n) is 5.41. The molecule has 0 saturated heterocycles. The normalized spacial score (nSPS) is 11.3. The van der Waals surface area contributed by atoms with E-state index in [4.69, 9.17) is 4.74 Å². The van der Waals surface area contributed by atoms with Crippen LogP contribution in [-0.2, 0) is 23.0 Å². The van der Waals surface area contributed by atoms with Gasteiger partial charge in [-0.15, -0.1) is 0 Å². The highest BCUT2D eigenvalue weighted by Crippen LogP contribution is 2.21. The molecule has 24 heavy (non-hydrogen) atoms. The summed E-state index contributed by atoms with van der Waals surface area (Å²) in [6.45, 7) is 3.59. The molecule has 0 radical (unpaired) electrons. The van der Waals surface area contributed by atoms with Gasteiger partial charge in [0.15, 0.2) is 5.78 Å². The molecule has 0 bridgehead atoms. The van der Waals surface area contributed by atoms with Gasteiger partial charge in [-0.25, -0.2) is 13.1 Å². The Morgan fingerprint density at radius 1 is 1.17 bits per heavy atom. The summed E-state index contributed by atoms with van der Waals surface area (Å²) in [6, 6.07) is 11.6. The van der Waals surface area contributed by atoms with E-state index in [0.717, 1.165) is 23.3 Å². The zero-order valence-corrected chi connectivity index (χ0v) is 14.8. The third kappa shape index (κ3) is 4.21. The molecule has 0 aliphatic carbocycles. The maximum absolute atomic E-state index is 12.4. The molecule has 1 N–H and O–H groups in total. The van der Waals surface area contributed by atoms with Crippen LogP contribution in [-0.4, -0.2) is 21.3 Å². The van der Waals surface area contributed by atoms with Crippen molar-refractivity contribution in [3.8, 4) is 5.75 Å². The topological polar surface area (TPSA) is 72.5 Å². The number of sulfonamides is 1. The summed E-state index contributed by atoms with van der Waals surface area (Å²) in [4.78, 5) is 11.5. The third-order valence-corrected chi connectivity index (χ3v) is 5.14. The van der Waals surface area contributed by atoms with Crippen LogP contribution in [0.3, 0.4) is 0 Å². The Hall–Kier alpha value is -2.18. The Labute approximate surface area is 142 Å². The summed E-state index contributed by atoms with van der Waals surface area (Å²) in [5.41, 5.74) is 2.24. The minimum atomic E-state index is -3.68. The monoisotopic (exact) mass is 347 g/mol. The molecule has 2 aromatic carbocycles. The Morgan fingerprint density at radius 2 is 1.92 bits per heavy atom. The lowest BCUT2D eigenvalue weighted by molar-refractivity contribution is 0.101. The van der Waals surface area contributed by atoms with E-state index in [2.05, 4.69) is 4.72 Å². The Morgan fingerprint density at radius 3 is 2.54 bits per heavy atom. The molecule has 0 atom stereocenters. The van der Waals surface area contributed by atoms with Crippen molar-refractivity contribution >= 4 is 15.8 Å². The van der Waals surface area contributed by atoms with Crippen LogP contribution in [0.25, 0.3) is 0 Å². The fourth-order valence-electron chi connectivity index (χ4n) is 2.36. The first kappa shape index (κ1) is 18.2. The number of hydrogen-bond donors (Lipinski definition) is 1. The van der Waals surface area contributed by atoms with E-state index < -0.39 is 10.0 Å². The van der Waals surface area contributed by atoms with E-state index in [0.29, 0.717) is 5.56 Å². The van der Waals surface area contributed by atoms with Crippen molar-refractivity contribution in [1.29, 1.82) is 0 Å². The number of carbonyl (C=O) groups excluding carboxylic acids is 1. The number of Topliss-reactive ketones (excluding diaryl/α,β-unsaturated/α-hetero) is 1. The van der Waals surface area contributed by atoms with Gasteiger partial charge in [0, 0.05) is 12.1 Å². The molecule has 0 aromatic heterocycles. The van der Waals surface area contributed by atoms with E-state index in [1.54, 1.807) is 19.2 Å². The lowest BCUT2D eigenvalue weighted by atomic mass is 10.1. The molecule has 0 fully saturated rings. The van der Waals surface area contributed by atoms with Crippen LogP contribution >= 0.6 is 0 Å². The maximum Gasteiger partial charge on any atom is 0.240 e. The SMILES string of the molecule is CCc1cc(CNS(=O)(=O)c2cccc(C(C)=O)c2)ccc1OC. The molecule has 6 heteroatoms. The fourth-order valence-corrected chi connectivity index (χ4v) is 3.43. The summed E-state index contributed by atoms with van der Waals surface area (Å²) in [5, 5.41) is 0. The van der Waals surface area contributed by atoms with Gasteiger partial charge in [0.05, 0.1) is 12.0 Å². The maximum atomic E-state index is 12.4. The standard InChI is InChI=1S/C18H21NO4S/c1-4-15-10-14(8-9-18(15)23-3)12-19-24(21,22)17-7-5-6-16(11-17)13(2)20/h5-11,19H,4,12H2,1-3H3. The predicted molar refractivity (Wildman–Crippen MR) is 92.8 cm³/mol. The van der Waals surface area contributed by atoms with Crippen molar-refractivity contribution in [3.05, 3.63) is 59.2 Å². The molecule has 0 spiro atoms. The molecular formula is C18H21NO4S. The number of hydrogen-bond acceptors (Lipinski definition) is 4. The van der Waals surface area contributed by atoms with Gasteiger partial charge >= 0.3 is 0 Å². The Kier molecular flexibility index (Phi) is 5.75. The quantitative estimate of drug-likeness (QED) is 0.782. The number of carbonyl (C=O) groups is 1. The molecule has 0 aliphatic heterocycles. The fraction of sp³-hybridized carbons (Fsp3) is 0.278. The number of rotatable bonds is 7. The number of benzene rings is 2. The van der Waals surface area contributed by atoms with Gasteiger partial charge in [-0.1, -0.05) is 31.2 Å². The molecule has 0 heterocycles. The second-order valence-corrected chi connectivity index (χ2v) is 7.18. The zero-order valence-electron chi connectivity index (χ0n) is 14.0. The van der Waals surface area contributed by atoms with Gasteiger partial charge in [0.1, 0.15) is 5.75 Å². The van der Waals surface area contributed by atoms with E-state index in [1.807, 2.05) is 25.1 Å². The van der Waals surface area contributed by atoms with Crippen molar-refractivity contribution in [2.75, 3.05) is 7.11 Å². The van der Waals surface area contributed by atoms with Crippen LogP contribution in [0.4, 0.5) is 0 Å². The van der Waals surface area contributed by atoms with Gasteiger partial charge < -0.3 is 4.74 Å². The molecule has 2 aromatic rings. The zero-order chi connectivity index (χ0) is 17.7. The first-order valence-electron chi connectivity index (χ1n) is 7.64. The van der Waals surface area contributed by atoms with Crippen LogP contribution in [0, 0.1) is 0 Å². The first-order valence-corrected chi connectivity index (χ1v) is 9.12. The molecule has 0 amide bonds. The van der Waals surface area contributed by atoms with E-state index in [-0.39, 0.29) is 17.2 Å². The number of aryl methyl sites for hydroxylation is 1.